The zero-order chi connectivity index (χ0) is 9.80. The van der Waals surface area contributed by atoms with Crippen molar-refractivity contribution in [2.75, 3.05) is 39.3 Å². The van der Waals surface area contributed by atoms with E-state index in [9.17, 15) is 4.79 Å². The number of hydrogen-bond acceptors (Lipinski definition) is 3. The molecule has 2 saturated heterocycles. The van der Waals surface area contributed by atoms with Crippen molar-refractivity contribution in [2.45, 2.75) is 12.8 Å². The minimum Gasteiger partial charge on any atom is -0.354 e. The standard InChI is InChI=1S/C10H19N3O/c14-10-8-13(5-4-12-10)7-9-2-1-3-11-6-9/h9,11H,1-8H2,(H,12,14). The van der Waals surface area contributed by atoms with Crippen LogP contribution >= 0.6 is 0 Å². The van der Waals surface area contributed by atoms with Crippen molar-refractivity contribution in [1.82, 2.24) is 15.5 Å². The van der Waals surface area contributed by atoms with Gasteiger partial charge in [-0.3, -0.25) is 9.69 Å². The summed E-state index contributed by atoms with van der Waals surface area (Å²) < 4.78 is 0. The number of piperidine rings is 1. The highest BCUT2D eigenvalue weighted by Crippen LogP contribution is 2.11. The first-order chi connectivity index (χ1) is 6.84. The normalized spacial score (nSPS) is 30.0. The second-order valence-corrected chi connectivity index (χ2v) is 4.30. The van der Waals surface area contributed by atoms with Crippen LogP contribution in [0.15, 0.2) is 0 Å². The lowest BCUT2D eigenvalue weighted by atomic mass is 9.99. The van der Waals surface area contributed by atoms with Crippen molar-refractivity contribution in [1.29, 1.82) is 0 Å². The Morgan fingerprint density at radius 3 is 3.07 bits per heavy atom. The van der Waals surface area contributed by atoms with Gasteiger partial charge >= 0.3 is 0 Å². The third-order valence-corrected chi connectivity index (χ3v) is 3.03. The van der Waals surface area contributed by atoms with Crippen LogP contribution in [0, 0.1) is 5.92 Å². The largest absolute Gasteiger partial charge is 0.354 e. The summed E-state index contributed by atoms with van der Waals surface area (Å²) in [6.07, 6.45) is 2.59. The Morgan fingerprint density at radius 1 is 1.43 bits per heavy atom. The fourth-order valence-electron chi connectivity index (χ4n) is 2.29. The molecule has 2 aliphatic rings. The predicted molar refractivity (Wildman–Crippen MR) is 55.0 cm³/mol. The highest BCUT2D eigenvalue weighted by molar-refractivity contribution is 5.78. The third-order valence-electron chi connectivity index (χ3n) is 3.03. The van der Waals surface area contributed by atoms with Crippen molar-refractivity contribution >= 4 is 5.91 Å². The molecule has 0 aromatic rings. The lowest BCUT2D eigenvalue weighted by Crippen LogP contribution is -2.50. The summed E-state index contributed by atoms with van der Waals surface area (Å²) in [5.41, 5.74) is 0. The highest BCUT2D eigenvalue weighted by atomic mass is 16.2. The van der Waals surface area contributed by atoms with Crippen LogP contribution in [0.2, 0.25) is 0 Å². The maximum Gasteiger partial charge on any atom is 0.234 e. The zero-order valence-corrected chi connectivity index (χ0v) is 8.59. The van der Waals surface area contributed by atoms with E-state index in [1.165, 1.54) is 12.8 Å². The SMILES string of the molecule is O=C1CN(CC2CCCNC2)CCN1. The lowest BCUT2D eigenvalue weighted by Gasteiger charge is -2.32. The van der Waals surface area contributed by atoms with E-state index < -0.39 is 0 Å². The minimum atomic E-state index is 0.181. The highest BCUT2D eigenvalue weighted by Gasteiger charge is 2.20. The van der Waals surface area contributed by atoms with Crippen LogP contribution in [0.3, 0.4) is 0 Å². The second-order valence-electron chi connectivity index (χ2n) is 4.30. The van der Waals surface area contributed by atoms with Gasteiger partial charge in [0.2, 0.25) is 5.91 Å². The van der Waals surface area contributed by atoms with Gasteiger partial charge in [-0.2, -0.15) is 0 Å². The number of amides is 1. The van der Waals surface area contributed by atoms with Gasteiger partial charge in [-0.05, 0) is 31.8 Å². The van der Waals surface area contributed by atoms with Crippen molar-refractivity contribution in [3.8, 4) is 0 Å². The molecule has 2 heterocycles. The average molecular weight is 197 g/mol. The molecule has 0 spiro atoms. The van der Waals surface area contributed by atoms with Crippen LogP contribution in [-0.4, -0.2) is 50.1 Å². The Balaban J connectivity index is 1.75. The predicted octanol–water partition coefficient (Wildman–Crippen LogP) is -0.582. The van der Waals surface area contributed by atoms with E-state index in [1.54, 1.807) is 0 Å². The van der Waals surface area contributed by atoms with Crippen LogP contribution in [0.1, 0.15) is 12.8 Å². The molecule has 0 aliphatic carbocycles. The van der Waals surface area contributed by atoms with Gasteiger partial charge in [0.25, 0.3) is 0 Å². The smallest absolute Gasteiger partial charge is 0.234 e. The molecule has 0 bridgehead atoms. The molecule has 80 valence electrons. The molecule has 1 amide bonds. The van der Waals surface area contributed by atoms with Gasteiger partial charge in [0.15, 0.2) is 0 Å². The summed E-state index contributed by atoms with van der Waals surface area (Å²) in [6.45, 7) is 5.80. The first kappa shape index (κ1) is 9.93. The first-order valence-electron chi connectivity index (χ1n) is 5.54. The van der Waals surface area contributed by atoms with Crippen LogP contribution < -0.4 is 10.6 Å². The second kappa shape index (κ2) is 4.75. The number of rotatable bonds is 2. The maximum absolute atomic E-state index is 11.1. The Hall–Kier alpha value is -0.610. The summed E-state index contributed by atoms with van der Waals surface area (Å²) in [5.74, 6) is 0.926. The third kappa shape index (κ3) is 2.69. The monoisotopic (exact) mass is 197 g/mol. The molecule has 0 aromatic heterocycles. The number of carbonyl (C=O) groups excluding carboxylic acids is 1. The molecular weight excluding hydrogens is 178 g/mol. The van der Waals surface area contributed by atoms with Crippen molar-refractivity contribution in [2.24, 2.45) is 5.92 Å². The molecule has 2 fully saturated rings. The molecule has 1 unspecified atom stereocenters. The molecule has 2 N–H and O–H groups in total. The first-order valence-corrected chi connectivity index (χ1v) is 5.54. The van der Waals surface area contributed by atoms with E-state index in [-0.39, 0.29) is 5.91 Å². The fourth-order valence-corrected chi connectivity index (χ4v) is 2.29. The van der Waals surface area contributed by atoms with E-state index in [1.807, 2.05) is 0 Å². The fraction of sp³-hybridized carbons (Fsp3) is 0.900. The van der Waals surface area contributed by atoms with Crippen LogP contribution in [0.25, 0.3) is 0 Å². The number of piperazine rings is 1. The molecule has 4 nitrogen and oxygen atoms in total. The molecule has 0 saturated carbocycles. The van der Waals surface area contributed by atoms with Crippen molar-refractivity contribution in [3.05, 3.63) is 0 Å². The zero-order valence-electron chi connectivity index (χ0n) is 8.59. The van der Waals surface area contributed by atoms with Gasteiger partial charge < -0.3 is 10.6 Å². The summed E-state index contributed by atoms with van der Waals surface area (Å²) in [7, 11) is 0. The molecule has 1 atom stereocenters. The minimum absolute atomic E-state index is 0.181. The van der Waals surface area contributed by atoms with E-state index in [0.29, 0.717) is 6.54 Å². The number of nitrogens with one attached hydrogen (secondary N) is 2. The van der Waals surface area contributed by atoms with Gasteiger partial charge in [-0.1, -0.05) is 0 Å². The Labute approximate surface area is 85.0 Å². The number of nitrogens with zero attached hydrogens (tertiary/aromatic N) is 1. The molecule has 2 aliphatic heterocycles. The van der Waals surface area contributed by atoms with Gasteiger partial charge in [0.05, 0.1) is 6.54 Å². The average Bonchev–Trinajstić information content (AvgIpc) is 2.19. The Kier molecular flexibility index (Phi) is 3.37. The van der Waals surface area contributed by atoms with Gasteiger partial charge in [-0.25, -0.2) is 0 Å². The van der Waals surface area contributed by atoms with Gasteiger partial charge in [0.1, 0.15) is 0 Å². The molecule has 4 heteroatoms. The quantitative estimate of drug-likeness (QED) is 0.622. The summed E-state index contributed by atoms with van der Waals surface area (Å²) in [5, 5.41) is 6.26. The molecule has 0 aromatic carbocycles. The molecule has 14 heavy (non-hydrogen) atoms. The Bertz CT molecular complexity index is 202. The van der Waals surface area contributed by atoms with E-state index in [2.05, 4.69) is 15.5 Å². The Morgan fingerprint density at radius 2 is 2.36 bits per heavy atom. The van der Waals surface area contributed by atoms with Crippen LogP contribution in [-0.2, 0) is 4.79 Å². The number of hydrogen-bond donors (Lipinski definition) is 2. The van der Waals surface area contributed by atoms with Gasteiger partial charge in [0, 0.05) is 19.6 Å². The van der Waals surface area contributed by atoms with Crippen molar-refractivity contribution in [3.63, 3.8) is 0 Å². The molecule has 2 rings (SSSR count). The van der Waals surface area contributed by atoms with Gasteiger partial charge in [-0.15, -0.1) is 0 Å². The van der Waals surface area contributed by atoms with Crippen LogP contribution in [0.4, 0.5) is 0 Å². The maximum atomic E-state index is 11.1. The topological polar surface area (TPSA) is 44.4 Å². The molecule has 0 radical (unpaired) electrons. The summed E-state index contributed by atoms with van der Waals surface area (Å²) >= 11 is 0. The summed E-state index contributed by atoms with van der Waals surface area (Å²) in [4.78, 5) is 13.4. The van der Waals surface area contributed by atoms with E-state index >= 15 is 0 Å². The number of carbonyl (C=O) groups is 1. The van der Waals surface area contributed by atoms with E-state index in [4.69, 9.17) is 0 Å². The van der Waals surface area contributed by atoms with Crippen LogP contribution in [0.5, 0.6) is 0 Å². The van der Waals surface area contributed by atoms with E-state index in [0.717, 1.165) is 38.6 Å². The van der Waals surface area contributed by atoms with Crippen molar-refractivity contribution < 1.29 is 4.79 Å². The summed E-state index contributed by atoms with van der Waals surface area (Å²) in [6, 6.07) is 0. The lowest BCUT2D eigenvalue weighted by molar-refractivity contribution is -0.124. The molecular formula is C10H19N3O.